The van der Waals surface area contributed by atoms with E-state index < -0.39 is 10.0 Å². The van der Waals surface area contributed by atoms with Crippen LogP contribution in [0.2, 0.25) is 0 Å². The largest absolute Gasteiger partial charge is 0.397 e. The van der Waals surface area contributed by atoms with Gasteiger partial charge in [-0.1, -0.05) is 0 Å². The van der Waals surface area contributed by atoms with Crippen LogP contribution in [0, 0.1) is 0 Å². The van der Waals surface area contributed by atoms with Crippen LogP contribution in [0.25, 0.3) is 0 Å². The summed E-state index contributed by atoms with van der Waals surface area (Å²) < 4.78 is 26.9. The molecule has 4 N–H and O–H groups in total. The van der Waals surface area contributed by atoms with Gasteiger partial charge in [0, 0.05) is 11.4 Å². The molecule has 0 aliphatic carbocycles. The fourth-order valence-electron chi connectivity index (χ4n) is 1.78. The first-order valence-electron chi connectivity index (χ1n) is 6.23. The molecule has 8 heteroatoms. The third kappa shape index (κ3) is 4.19. The summed E-state index contributed by atoms with van der Waals surface area (Å²) >= 11 is 5.10. The van der Waals surface area contributed by atoms with Gasteiger partial charge in [0.25, 0.3) is 0 Å². The van der Waals surface area contributed by atoms with Crippen LogP contribution in [0.5, 0.6) is 0 Å². The second-order valence-corrected chi connectivity index (χ2v) is 8.77. The lowest BCUT2D eigenvalue weighted by Gasteiger charge is -2.11. The third-order valence-electron chi connectivity index (χ3n) is 2.92. The zero-order valence-electron chi connectivity index (χ0n) is 11.4. The van der Waals surface area contributed by atoms with Crippen LogP contribution in [0.3, 0.4) is 0 Å². The Hall–Kier alpha value is -1.09. The van der Waals surface area contributed by atoms with Gasteiger partial charge in [-0.05, 0) is 59.7 Å². The highest BCUT2D eigenvalue weighted by Crippen LogP contribution is 2.24. The Morgan fingerprint density at radius 2 is 2.05 bits per heavy atom. The second kappa shape index (κ2) is 6.78. The number of anilines is 2. The first-order chi connectivity index (χ1) is 9.92. The zero-order chi connectivity index (χ0) is 15.5. The minimum Gasteiger partial charge on any atom is -0.397 e. The van der Waals surface area contributed by atoms with Gasteiger partial charge in [-0.2, -0.15) is 0 Å². The summed E-state index contributed by atoms with van der Waals surface area (Å²) in [6.45, 7) is 0.681. The molecular formula is C13H16BrN3O2S2. The predicted molar refractivity (Wildman–Crippen MR) is 91.3 cm³/mol. The van der Waals surface area contributed by atoms with Crippen molar-refractivity contribution < 1.29 is 8.42 Å². The number of benzene rings is 1. The minimum absolute atomic E-state index is 0.195. The summed E-state index contributed by atoms with van der Waals surface area (Å²) in [7, 11) is -2.08. The van der Waals surface area contributed by atoms with Gasteiger partial charge in [0.05, 0.1) is 20.1 Å². The van der Waals surface area contributed by atoms with Crippen LogP contribution in [0.1, 0.15) is 4.88 Å². The average molecular weight is 390 g/mol. The molecule has 2 aromatic rings. The Morgan fingerprint density at radius 1 is 1.29 bits per heavy atom. The molecule has 0 aliphatic heterocycles. The van der Waals surface area contributed by atoms with Crippen LogP contribution in [0.4, 0.5) is 11.4 Å². The van der Waals surface area contributed by atoms with E-state index in [1.165, 1.54) is 18.0 Å². The van der Waals surface area contributed by atoms with Crippen LogP contribution < -0.4 is 15.8 Å². The van der Waals surface area contributed by atoms with Crippen molar-refractivity contribution in [3.8, 4) is 0 Å². The molecule has 0 fully saturated rings. The first-order valence-corrected chi connectivity index (χ1v) is 9.33. The number of rotatable bonds is 6. The number of nitrogens with one attached hydrogen (secondary N) is 2. The van der Waals surface area contributed by atoms with Crippen LogP contribution in [0.15, 0.2) is 39.0 Å². The number of hydrogen-bond donors (Lipinski definition) is 3. The van der Waals surface area contributed by atoms with Crippen molar-refractivity contribution in [2.24, 2.45) is 0 Å². The molecule has 114 valence electrons. The molecule has 0 unspecified atom stereocenters. The van der Waals surface area contributed by atoms with Gasteiger partial charge < -0.3 is 11.1 Å². The fourth-order valence-corrected chi connectivity index (χ4v) is 4.02. The molecule has 2 rings (SSSR count). The number of nitrogen functional groups attached to an aromatic ring is 1. The fraction of sp³-hybridized carbons (Fsp3) is 0.231. The first kappa shape index (κ1) is 16.3. The smallest absolute Gasteiger partial charge is 0.240 e. The van der Waals surface area contributed by atoms with Crippen molar-refractivity contribution in [3.05, 3.63) is 39.0 Å². The maximum Gasteiger partial charge on any atom is 0.240 e. The van der Waals surface area contributed by atoms with Crippen LogP contribution in [-0.2, 0) is 16.4 Å². The maximum absolute atomic E-state index is 11.8. The van der Waals surface area contributed by atoms with Crippen LogP contribution >= 0.6 is 27.3 Å². The quantitative estimate of drug-likeness (QED) is 0.663. The standard InChI is InChI=1S/C13H16BrN3O2S2/c1-16-21(18,19)10-3-4-11(15)12(8-10)17-7-6-9-2-5-13(14)20-9/h2-5,8,16-17H,6-7,15H2,1H3. The van der Waals surface area contributed by atoms with Crippen molar-refractivity contribution in [2.45, 2.75) is 11.3 Å². The molecule has 1 aromatic carbocycles. The molecule has 1 aromatic heterocycles. The van der Waals surface area contributed by atoms with E-state index in [1.54, 1.807) is 23.5 Å². The summed E-state index contributed by atoms with van der Waals surface area (Å²) in [5.41, 5.74) is 7.03. The van der Waals surface area contributed by atoms with Gasteiger partial charge >= 0.3 is 0 Å². The van der Waals surface area contributed by atoms with Gasteiger partial charge in [0.1, 0.15) is 0 Å². The van der Waals surface area contributed by atoms with E-state index in [9.17, 15) is 8.42 Å². The van der Waals surface area contributed by atoms with E-state index >= 15 is 0 Å². The zero-order valence-corrected chi connectivity index (χ0v) is 14.6. The van der Waals surface area contributed by atoms with Gasteiger partial charge in [-0.25, -0.2) is 13.1 Å². The van der Waals surface area contributed by atoms with Crippen molar-refractivity contribution >= 4 is 48.7 Å². The summed E-state index contributed by atoms with van der Waals surface area (Å²) in [6.07, 6.45) is 0.846. The lowest BCUT2D eigenvalue weighted by molar-refractivity contribution is 0.588. The highest BCUT2D eigenvalue weighted by Gasteiger charge is 2.13. The molecule has 0 saturated heterocycles. The number of thiophene rings is 1. The van der Waals surface area contributed by atoms with Crippen molar-refractivity contribution in [1.29, 1.82) is 0 Å². The van der Waals surface area contributed by atoms with E-state index in [4.69, 9.17) is 5.73 Å². The monoisotopic (exact) mass is 389 g/mol. The number of halogens is 1. The molecule has 5 nitrogen and oxygen atoms in total. The van der Waals surface area contributed by atoms with Gasteiger partial charge in [-0.15, -0.1) is 11.3 Å². The summed E-state index contributed by atoms with van der Waals surface area (Å²) in [4.78, 5) is 1.44. The van der Waals surface area contributed by atoms with Gasteiger partial charge in [0.2, 0.25) is 10.0 Å². The molecule has 0 amide bonds. The molecule has 0 spiro atoms. The summed E-state index contributed by atoms with van der Waals surface area (Å²) in [5.74, 6) is 0. The van der Waals surface area contributed by atoms with Gasteiger partial charge in [0.15, 0.2) is 0 Å². The second-order valence-electron chi connectivity index (χ2n) is 4.34. The number of sulfonamides is 1. The molecule has 0 aliphatic rings. The summed E-state index contributed by atoms with van der Waals surface area (Å²) in [5, 5.41) is 3.18. The lowest BCUT2D eigenvalue weighted by Crippen LogP contribution is -2.19. The average Bonchev–Trinajstić information content (AvgIpc) is 2.86. The lowest BCUT2D eigenvalue weighted by atomic mass is 10.2. The summed E-state index contributed by atoms with van der Waals surface area (Å²) in [6, 6.07) is 8.69. The molecule has 0 saturated carbocycles. The van der Waals surface area contributed by atoms with E-state index in [2.05, 4.69) is 32.0 Å². The van der Waals surface area contributed by atoms with E-state index in [0.717, 1.165) is 10.2 Å². The Kier molecular flexibility index (Phi) is 5.26. The van der Waals surface area contributed by atoms with Crippen molar-refractivity contribution in [3.63, 3.8) is 0 Å². The number of nitrogens with two attached hydrogens (primary N) is 1. The Bertz CT molecular complexity index is 729. The Balaban J connectivity index is 2.07. The maximum atomic E-state index is 11.8. The minimum atomic E-state index is -3.46. The molecule has 0 bridgehead atoms. The Labute approximate surface area is 136 Å². The molecule has 1 heterocycles. The highest BCUT2D eigenvalue weighted by molar-refractivity contribution is 9.11. The molecule has 21 heavy (non-hydrogen) atoms. The normalized spacial score (nSPS) is 11.5. The van der Waals surface area contributed by atoms with Crippen LogP contribution in [-0.4, -0.2) is 22.0 Å². The Morgan fingerprint density at radius 3 is 2.67 bits per heavy atom. The third-order valence-corrected chi connectivity index (χ3v) is 6.01. The van der Waals surface area contributed by atoms with E-state index in [-0.39, 0.29) is 4.90 Å². The van der Waals surface area contributed by atoms with E-state index in [1.807, 2.05) is 6.07 Å². The van der Waals surface area contributed by atoms with Gasteiger partial charge in [-0.3, -0.25) is 0 Å². The topological polar surface area (TPSA) is 84.2 Å². The number of hydrogen-bond acceptors (Lipinski definition) is 5. The highest BCUT2D eigenvalue weighted by atomic mass is 79.9. The molecule has 0 atom stereocenters. The van der Waals surface area contributed by atoms with Crippen molar-refractivity contribution in [2.75, 3.05) is 24.6 Å². The molecule has 0 radical (unpaired) electrons. The molecular weight excluding hydrogens is 374 g/mol. The SMILES string of the molecule is CNS(=O)(=O)c1ccc(N)c(NCCc2ccc(Br)s2)c1. The van der Waals surface area contributed by atoms with Crippen molar-refractivity contribution in [1.82, 2.24) is 4.72 Å². The predicted octanol–water partition coefficient (Wildman–Crippen LogP) is 2.66. The van der Waals surface area contributed by atoms with E-state index in [0.29, 0.717) is 17.9 Å².